The highest BCUT2D eigenvalue weighted by atomic mass is 16.7. The average Bonchev–Trinajstić information content (AvgIpc) is 3.11. The van der Waals surface area contributed by atoms with Crippen molar-refractivity contribution in [3.63, 3.8) is 0 Å². The van der Waals surface area contributed by atoms with Gasteiger partial charge in [0, 0.05) is 5.41 Å². The van der Waals surface area contributed by atoms with Gasteiger partial charge in [0.2, 0.25) is 12.4 Å². The molecule has 0 N–H and O–H groups in total. The molecule has 0 aromatic heterocycles. The minimum absolute atomic E-state index is 0.0417. The molecule has 264 valence electrons. The number of ether oxygens (including phenoxy) is 5. The van der Waals surface area contributed by atoms with Crippen LogP contribution in [0.5, 0.6) is 0 Å². The van der Waals surface area contributed by atoms with Gasteiger partial charge in [0.25, 0.3) is 0 Å². The van der Waals surface area contributed by atoms with Crippen molar-refractivity contribution in [2.24, 2.45) is 5.41 Å². The standard InChI is InChI=1S/C41H46O9/c1-6-17-29(18-7-2)25-26-41(4,5)27-33(42)47-40-36(50-39(45)32-23-15-10-16-24-32)35(49-38(44)31-21-13-9-14-22-31)34(28(3)46-40)48-37(43)30-19-11-8-12-20-30/h8-16,19-24,26,28,34-36,40H,6-7,17-18,27H2,1-5H3/t28-,34-,35+,36+,40?/m0/s1. The van der Waals surface area contributed by atoms with Gasteiger partial charge in [-0.05, 0) is 67.8 Å². The van der Waals surface area contributed by atoms with E-state index in [4.69, 9.17) is 23.7 Å². The fourth-order valence-electron chi connectivity index (χ4n) is 5.55. The highest BCUT2D eigenvalue weighted by molar-refractivity contribution is 5.91. The van der Waals surface area contributed by atoms with Crippen LogP contribution in [0.25, 0.3) is 0 Å². The quantitative estimate of drug-likeness (QED) is 0.0946. The Morgan fingerprint density at radius 2 is 1.08 bits per heavy atom. The molecule has 9 nitrogen and oxygen atoms in total. The molecule has 5 atom stereocenters. The van der Waals surface area contributed by atoms with Crippen LogP contribution in [0.15, 0.2) is 108 Å². The van der Waals surface area contributed by atoms with Gasteiger partial charge in [0.15, 0.2) is 12.2 Å². The monoisotopic (exact) mass is 682 g/mol. The third kappa shape index (κ3) is 10.8. The van der Waals surface area contributed by atoms with Crippen LogP contribution in [-0.2, 0) is 28.5 Å². The maximum Gasteiger partial charge on any atom is 0.338 e. The summed E-state index contributed by atoms with van der Waals surface area (Å²) in [5.74, 6) is -2.88. The summed E-state index contributed by atoms with van der Waals surface area (Å²) in [7, 11) is 0. The molecule has 1 saturated heterocycles. The van der Waals surface area contributed by atoms with E-state index >= 15 is 0 Å². The van der Waals surface area contributed by atoms with Gasteiger partial charge in [0.1, 0.15) is 0 Å². The van der Waals surface area contributed by atoms with Crippen molar-refractivity contribution in [2.45, 2.75) is 97.4 Å². The first-order chi connectivity index (χ1) is 24.0. The molecule has 0 saturated carbocycles. The van der Waals surface area contributed by atoms with E-state index in [0.29, 0.717) is 0 Å². The van der Waals surface area contributed by atoms with Crippen LogP contribution in [0.2, 0.25) is 0 Å². The Bertz CT molecular complexity index is 1630. The molecule has 0 amide bonds. The summed E-state index contributed by atoms with van der Waals surface area (Å²) in [6.45, 7) is 9.63. The molecule has 0 radical (unpaired) electrons. The van der Waals surface area contributed by atoms with E-state index in [-0.39, 0.29) is 23.1 Å². The van der Waals surface area contributed by atoms with Crippen molar-refractivity contribution in [1.29, 1.82) is 0 Å². The van der Waals surface area contributed by atoms with Crippen LogP contribution in [-0.4, -0.2) is 54.6 Å². The lowest BCUT2D eigenvalue weighted by Gasteiger charge is -2.43. The Hall–Kier alpha value is -4.98. The Morgan fingerprint density at radius 1 is 0.660 bits per heavy atom. The molecule has 1 unspecified atom stereocenters. The number of allylic oxidation sites excluding steroid dienone is 1. The molecule has 1 aliphatic rings. The van der Waals surface area contributed by atoms with Crippen molar-refractivity contribution >= 4 is 23.9 Å². The van der Waals surface area contributed by atoms with Gasteiger partial charge in [-0.15, -0.1) is 5.73 Å². The largest absolute Gasteiger partial charge is 0.452 e. The second kappa shape index (κ2) is 18.1. The van der Waals surface area contributed by atoms with Crippen LogP contribution in [0.3, 0.4) is 0 Å². The summed E-state index contributed by atoms with van der Waals surface area (Å²) in [6, 6.07) is 24.7. The second-order valence-electron chi connectivity index (χ2n) is 13.0. The molecule has 3 aromatic carbocycles. The van der Waals surface area contributed by atoms with Gasteiger partial charge in [0.05, 0.1) is 29.2 Å². The maximum absolute atomic E-state index is 13.5. The summed E-state index contributed by atoms with van der Waals surface area (Å²) in [5.41, 5.74) is 4.62. The van der Waals surface area contributed by atoms with Gasteiger partial charge in [-0.1, -0.05) is 95.1 Å². The lowest BCUT2D eigenvalue weighted by atomic mass is 9.88. The van der Waals surface area contributed by atoms with E-state index < -0.39 is 60.0 Å². The summed E-state index contributed by atoms with van der Waals surface area (Å²) in [6.07, 6.45) is -0.964. The van der Waals surface area contributed by atoms with Crippen LogP contribution in [0.4, 0.5) is 0 Å². The van der Waals surface area contributed by atoms with E-state index in [2.05, 4.69) is 19.6 Å². The fraction of sp³-hybridized carbons (Fsp3) is 0.390. The molecule has 0 spiro atoms. The van der Waals surface area contributed by atoms with Crippen molar-refractivity contribution in [1.82, 2.24) is 0 Å². The number of esters is 4. The maximum atomic E-state index is 13.5. The van der Waals surface area contributed by atoms with Gasteiger partial charge in [-0.3, -0.25) is 4.79 Å². The van der Waals surface area contributed by atoms with E-state index in [9.17, 15) is 19.2 Å². The number of hydrogen-bond acceptors (Lipinski definition) is 9. The molecule has 1 fully saturated rings. The van der Waals surface area contributed by atoms with Crippen LogP contribution in [0.1, 0.15) is 97.8 Å². The number of hydrogen-bond donors (Lipinski definition) is 0. The molecule has 0 bridgehead atoms. The van der Waals surface area contributed by atoms with E-state index in [1.165, 1.54) is 5.57 Å². The molecular weight excluding hydrogens is 636 g/mol. The van der Waals surface area contributed by atoms with Gasteiger partial charge in [-0.2, -0.15) is 0 Å². The van der Waals surface area contributed by atoms with E-state index in [1.54, 1.807) is 97.9 Å². The predicted molar refractivity (Wildman–Crippen MR) is 187 cm³/mol. The van der Waals surface area contributed by atoms with Crippen LogP contribution >= 0.6 is 0 Å². The zero-order valence-corrected chi connectivity index (χ0v) is 29.3. The Kier molecular flexibility index (Phi) is 13.7. The zero-order chi connectivity index (χ0) is 36.1. The summed E-state index contributed by atoms with van der Waals surface area (Å²) >= 11 is 0. The minimum atomic E-state index is -1.51. The average molecular weight is 683 g/mol. The van der Waals surface area contributed by atoms with E-state index in [1.807, 2.05) is 19.9 Å². The first kappa shape index (κ1) is 37.8. The highest BCUT2D eigenvalue weighted by Gasteiger charge is 2.53. The predicted octanol–water partition coefficient (Wildman–Crippen LogP) is 8.05. The molecule has 4 rings (SSSR count). The van der Waals surface area contributed by atoms with Gasteiger partial charge in [-0.25, -0.2) is 14.4 Å². The van der Waals surface area contributed by atoms with Crippen molar-refractivity contribution in [3.8, 4) is 0 Å². The fourth-order valence-corrected chi connectivity index (χ4v) is 5.55. The van der Waals surface area contributed by atoms with Crippen molar-refractivity contribution in [2.75, 3.05) is 0 Å². The Morgan fingerprint density at radius 3 is 1.52 bits per heavy atom. The van der Waals surface area contributed by atoms with Crippen LogP contribution < -0.4 is 0 Å². The first-order valence-corrected chi connectivity index (χ1v) is 17.1. The second-order valence-corrected chi connectivity index (χ2v) is 13.0. The molecule has 0 aliphatic carbocycles. The summed E-state index contributed by atoms with van der Waals surface area (Å²) < 4.78 is 29.8. The van der Waals surface area contributed by atoms with Gasteiger partial charge < -0.3 is 23.7 Å². The smallest absolute Gasteiger partial charge is 0.338 e. The zero-order valence-electron chi connectivity index (χ0n) is 29.3. The number of benzene rings is 3. The summed E-state index contributed by atoms with van der Waals surface area (Å²) in [4.78, 5) is 53.8. The SMILES string of the molecule is CCCC(=C=CC(C)(C)CC(=O)OC1O[C@@H](C)[C@H](OC(=O)c2ccccc2)[C@@H](OC(=O)c2ccccc2)[C@H]1OC(=O)c1ccccc1)CCC. The Labute approximate surface area is 294 Å². The van der Waals surface area contributed by atoms with Crippen molar-refractivity contribution < 1.29 is 42.9 Å². The topological polar surface area (TPSA) is 114 Å². The van der Waals surface area contributed by atoms with E-state index in [0.717, 1.165) is 25.7 Å². The normalized spacial score (nSPS) is 20.1. The lowest BCUT2D eigenvalue weighted by Crippen LogP contribution is -2.61. The number of carbonyl (C=O) groups excluding carboxylic acids is 4. The third-order valence-corrected chi connectivity index (χ3v) is 8.10. The molecule has 1 aliphatic heterocycles. The summed E-state index contributed by atoms with van der Waals surface area (Å²) in [5, 5.41) is 0. The first-order valence-electron chi connectivity index (χ1n) is 17.1. The van der Waals surface area contributed by atoms with Gasteiger partial charge >= 0.3 is 23.9 Å². The Balaban J connectivity index is 1.68. The minimum Gasteiger partial charge on any atom is -0.452 e. The molecular formula is C41H46O9. The molecule has 9 heteroatoms. The number of carbonyl (C=O) groups is 4. The van der Waals surface area contributed by atoms with Crippen molar-refractivity contribution in [3.05, 3.63) is 125 Å². The molecule has 1 heterocycles. The third-order valence-electron chi connectivity index (χ3n) is 8.10. The lowest BCUT2D eigenvalue weighted by molar-refractivity contribution is -0.283. The number of rotatable bonds is 14. The van der Waals surface area contributed by atoms with Crippen LogP contribution in [0, 0.1) is 5.41 Å². The molecule has 3 aromatic rings. The highest BCUT2D eigenvalue weighted by Crippen LogP contribution is 2.32. The molecule has 50 heavy (non-hydrogen) atoms.